The minimum absolute atomic E-state index is 0.159. The average molecular weight is 253 g/mol. The van der Waals surface area contributed by atoms with E-state index < -0.39 is 0 Å². The van der Waals surface area contributed by atoms with Crippen molar-refractivity contribution in [1.82, 2.24) is 4.98 Å². The predicted molar refractivity (Wildman–Crippen MR) is 73.7 cm³/mol. The lowest BCUT2D eigenvalue weighted by atomic mass is 10.1. The molecule has 0 aliphatic rings. The van der Waals surface area contributed by atoms with Crippen LogP contribution in [0.2, 0.25) is 0 Å². The Morgan fingerprint density at radius 3 is 2.89 bits per heavy atom. The molecule has 1 heterocycles. The molecule has 0 saturated heterocycles. The maximum atomic E-state index is 8.77. The van der Waals surface area contributed by atoms with E-state index in [0.717, 1.165) is 16.8 Å². The van der Waals surface area contributed by atoms with Gasteiger partial charge in [0.1, 0.15) is 19.0 Å². The molecule has 0 fully saturated rings. The van der Waals surface area contributed by atoms with Crippen LogP contribution in [0.25, 0.3) is 0 Å². The smallest absolute Gasteiger partial charge is 0.135 e. The van der Waals surface area contributed by atoms with Crippen molar-refractivity contribution in [2.45, 2.75) is 13.5 Å². The molecule has 2 aromatic rings. The number of ether oxygens (including phenoxy) is 1. The highest BCUT2D eigenvalue weighted by atomic mass is 16.5. The van der Waals surface area contributed by atoms with Crippen LogP contribution in [-0.4, -0.2) is 16.7 Å². The van der Waals surface area contributed by atoms with E-state index in [9.17, 15) is 0 Å². The summed E-state index contributed by atoms with van der Waals surface area (Å²) in [5, 5.41) is 8.77. The molecule has 0 aliphatic carbocycles. The van der Waals surface area contributed by atoms with E-state index in [0.29, 0.717) is 12.4 Å². The van der Waals surface area contributed by atoms with Crippen molar-refractivity contribution in [3.8, 4) is 17.6 Å². The van der Waals surface area contributed by atoms with E-state index in [1.807, 2.05) is 43.3 Å². The molecule has 2 rings (SSSR count). The van der Waals surface area contributed by atoms with Gasteiger partial charge in [-0.15, -0.1) is 0 Å². The van der Waals surface area contributed by atoms with Gasteiger partial charge in [0.05, 0.1) is 11.3 Å². The topological polar surface area (TPSA) is 42.4 Å². The fourth-order valence-corrected chi connectivity index (χ4v) is 1.64. The number of aromatic nitrogens is 1. The molecule has 0 saturated carbocycles. The van der Waals surface area contributed by atoms with Gasteiger partial charge in [0.15, 0.2) is 0 Å². The van der Waals surface area contributed by atoms with Gasteiger partial charge in [0.25, 0.3) is 0 Å². The molecule has 96 valence electrons. The summed E-state index contributed by atoms with van der Waals surface area (Å²) in [5.74, 6) is 6.24. The molecule has 3 nitrogen and oxygen atoms in total. The minimum Gasteiger partial charge on any atom is -0.486 e. The van der Waals surface area contributed by atoms with Gasteiger partial charge >= 0.3 is 0 Å². The van der Waals surface area contributed by atoms with Crippen LogP contribution in [0.4, 0.5) is 0 Å². The lowest BCUT2D eigenvalue weighted by Gasteiger charge is -2.08. The highest BCUT2D eigenvalue weighted by molar-refractivity contribution is 5.48. The first kappa shape index (κ1) is 13.1. The Morgan fingerprint density at radius 2 is 2.16 bits per heavy atom. The van der Waals surface area contributed by atoms with Crippen LogP contribution in [0.15, 0.2) is 42.6 Å². The van der Waals surface area contributed by atoms with Gasteiger partial charge in [0.2, 0.25) is 0 Å². The third-order valence-electron chi connectivity index (χ3n) is 2.54. The lowest BCUT2D eigenvalue weighted by Crippen LogP contribution is -1.99. The quantitative estimate of drug-likeness (QED) is 0.854. The largest absolute Gasteiger partial charge is 0.486 e. The molecule has 0 bridgehead atoms. The Labute approximate surface area is 112 Å². The van der Waals surface area contributed by atoms with E-state index in [4.69, 9.17) is 9.84 Å². The van der Waals surface area contributed by atoms with Crippen LogP contribution < -0.4 is 4.74 Å². The number of aliphatic hydroxyl groups is 1. The van der Waals surface area contributed by atoms with Crippen molar-refractivity contribution < 1.29 is 9.84 Å². The summed E-state index contributed by atoms with van der Waals surface area (Å²) in [6.07, 6.45) is 1.74. The van der Waals surface area contributed by atoms with E-state index in [1.54, 1.807) is 6.20 Å². The molecule has 1 aromatic carbocycles. The average Bonchev–Trinajstić information content (AvgIpc) is 2.45. The van der Waals surface area contributed by atoms with E-state index in [2.05, 4.69) is 16.8 Å². The second-order valence-corrected chi connectivity index (χ2v) is 4.07. The van der Waals surface area contributed by atoms with Crippen molar-refractivity contribution >= 4 is 0 Å². The Kier molecular flexibility index (Phi) is 4.54. The molecule has 0 atom stereocenters. The summed E-state index contributed by atoms with van der Waals surface area (Å²) in [6.45, 7) is 2.23. The summed E-state index contributed by atoms with van der Waals surface area (Å²) < 4.78 is 5.73. The zero-order chi connectivity index (χ0) is 13.5. The Morgan fingerprint density at radius 1 is 1.26 bits per heavy atom. The molecular weight excluding hydrogens is 238 g/mol. The number of benzene rings is 1. The second-order valence-electron chi connectivity index (χ2n) is 4.07. The first-order valence-electron chi connectivity index (χ1n) is 6.02. The monoisotopic (exact) mass is 253 g/mol. The van der Waals surface area contributed by atoms with Crippen LogP contribution in [0.5, 0.6) is 5.75 Å². The van der Waals surface area contributed by atoms with Crippen LogP contribution in [-0.2, 0) is 6.61 Å². The van der Waals surface area contributed by atoms with E-state index in [1.165, 1.54) is 0 Å². The predicted octanol–water partition coefficient (Wildman–Crippen LogP) is 2.31. The first-order valence-corrected chi connectivity index (χ1v) is 6.02. The van der Waals surface area contributed by atoms with E-state index >= 15 is 0 Å². The van der Waals surface area contributed by atoms with Crippen LogP contribution in [0.3, 0.4) is 0 Å². The maximum absolute atomic E-state index is 8.77. The van der Waals surface area contributed by atoms with Crippen molar-refractivity contribution in [2.75, 3.05) is 6.61 Å². The molecule has 1 N–H and O–H groups in total. The molecular formula is C16H15NO2. The first-order chi connectivity index (χ1) is 9.29. The van der Waals surface area contributed by atoms with Crippen LogP contribution in [0.1, 0.15) is 16.8 Å². The molecule has 0 aliphatic heterocycles. The van der Waals surface area contributed by atoms with Gasteiger partial charge in [0, 0.05) is 6.20 Å². The number of rotatable bonds is 3. The highest BCUT2D eigenvalue weighted by Crippen LogP contribution is 2.20. The number of aryl methyl sites for hydroxylation is 1. The SMILES string of the molecule is Cc1ccc(OCc2ccccn2)c(C#CCO)c1. The molecule has 0 unspecified atom stereocenters. The molecule has 1 aromatic heterocycles. The number of pyridine rings is 1. The lowest BCUT2D eigenvalue weighted by molar-refractivity contribution is 0.300. The zero-order valence-electron chi connectivity index (χ0n) is 10.8. The van der Waals surface area contributed by atoms with Crippen LogP contribution in [0, 0.1) is 18.8 Å². The van der Waals surface area contributed by atoms with Gasteiger partial charge in [-0.05, 0) is 36.8 Å². The van der Waals surface area contributed by atoms with Crippen LogP contribution >= 0.6 is 0 Å². The third kappa shape index (κ3) is 3.84. The Bertz CT molecular complexity index is 597. The Balaban J connectivity index is 2.15. The molecule has 19 heavy (non-hydrogen) atoms. The summed E-state index contributed by atoms with van der Waals surface area (Å²) in [7, 11) is 0. The summed E-state index contributed by atoms with van der Waals surface area (Å²) >= 11 is 0. The summed E-state index contributed by atoms with van der Waals surface area (Å²) in [6, 6.07) is 11.5. The van der Waals surface area contributed by atoms with Gasteiger partial charge in [-0.2, -0.15) is 0 Å². The Hall–Kier alpha value is -2.31. The fraction of sp³-hybridized carbons (Fsp3) is 0.188. The molecule has 0 radical (unpaired) electrons. The standard InChI is InChI=1S/C16H15NO2/c1-13-7-8-16(14(11-13)5-4-10-18)19-12-15-6-2-3-9-17-15/h2-3,6-9,11,18H,10,12H2,1H3. The second kappa shape index (κ2) is 6.58. The summed E-state index contributed by atoms with van der Waals surface area (Å²) in [4.78, 5) is 4.20. The van der Waals surface area contributed by atoms with E-state index in [-0.39, 0.29) is 6.61 Å². The fourth-order valence-electron chi connectivity index (χ4n) is 1.64. The van der Waals surface area contributed by atoms with Gasteiger partial charge in [-0.3, -0.25) is 4.98 Å². The van der Waals surface area contributed by atoms with Crippen molar-refractivity contribution in [3.63, 3.8) is 0 Å². The summed E-state index contributed by atoms with van der Waals surface area (Å²) in [5.41, 5.74) is 2.75. The van der Waals surface area contributed by atoms with Crippen molar-refractivity contribution in [3.05, 3.63) is 59.4 Å². The minimum atomic E-state index is -0.159. The zero-order valence-corrected chi connectivity index (χ0v) is 10.8. The highest BCUT2D eigenvalue weighted by Gasteiger charge is 2.02. The normalized spacial score (nSPS) is 9.58. The van der Waals surface area contributed by atoms with Crippen molar-refractivity contribution in [1.29, 1.82) is 0 Å². The van der Waals surface area contributed by atoms with Crippen molar-refractivity contribution in [2.24, 2.45) is 0 Å². The molecule has 0 amide bonds. The molecule has 3 heteroatoms. The third-order valence-corrected chi connectivity index (χ3v) is 2.54. The number of nitrogens with zero attached hydrogens (tertiary/aromatic N) is 1. The van der Waals surface area contributed by atoms with Gasteiger partial charge in [-0.1, -0.05) is 24.0 Å². The van der Waals surface area contributed by atoms with Gasteiger partial charge < -0.3 is 9.84 Å². The van der Waals surface area contributed by atoms with Gasteiger partial charge in [-0.25, -0.2) is 0 Å². The number of aliphatic hydroxyl groups excluding tert-OH is 1. The maximum Gasteiger partial charge on any atom is 0.135 e. The number of hydrogen-bond acceptors (Lipinski definition) is 3. The molecule has 0 spiro atoms. The number of hydrogen-bond donors (Lipinski definition) is 1.